The number of hydrogen-bond donors (Lipinski definition) is 2. The number of rotatable bonds is 3. The van der Waals surface area contributed by atoms with Gasteiger partial charge >= 0.3 is 0 Å². The summed E-state index contributed by atoms with van der Waals surface area (Å²) in [6.07, 6.45) is 0.562. The predicted molar refractivity (Wildman–Crippen MR) is 84.8 cm³/mol. The van der Waals surface area contributed by atoms with Crippen molar-refractivity contribution >= 4 is 29.9 Å². The van der Waals surface area contributed by atoms with Crippen LogP contribution >= 0.6 is 11.9 Å². The number of amidine groups is 1. The molecule has 1 aliphatic heterocycles. The minimum atomic E-state index is -0.405. The van der Waals surface area contributed by atoms with Crippen LogP contribution in [0.4, 0.5) is 10.1 Å². The molecule has 21 heavy (non-hydrogen) atoms. The second-order valence-electron chi connectivity index (χ2n) is 5.44. The number of aliphatic imine (C=N–C) groups is 1. The SMILES string of the molecule is CN1C[C@@H](c2cc(NC=O)ccc2F)N=C(N)C(C)(C)S1. The van der Waals surface area contributed by atoms with E-state index in [1.807, 2.05) is 25.2 Å². The van der Waals surface area contributed by atoms with Gasteiger partial charge in [-0.05, 0) is 39.1 Å². The maximum Gasteiger partial charge on any atom is 0.211 e. The molecular weight excluding hydrogens is 291 g/mol. The number of nitrogens with two attached hydrogens (primary N) is 1. The standard InChI is InChI=1S/C14H19FN4OS/c1-14(2)13(16)18-12(7-19(3)21-14)10-6-9(17-8-20)4-5-11(10)15/h4-6,8,12H,7H2,1-3H3,(H2,16,18)(H,17,20)/t12-/m0/s1. The normalized spacial score (nSPS) is 22.3. The molecule has 2 rings (SSSR count). The van der Waals surface area contributed by atoms with Crippen LogP contribution in [0.3, 0.4) is 0 Å². The Morgan fingerprint density at radius 2 is 2.29 bits per heavy atom. The Morgan fingerprint density at radius 3 is 2.95 bits per heavy atom. The number of halogens is 1. The third-order valence-corrected chi connectivity index (χ3v) is 4.43. The number of anilines is 1. The van der Waals surface area contributed by atoms with Gasteiger partial charge in [-0.25, -0.2) is 4.39 Å². The molecule has 1 aliphatic rings. The van der Waals surface area contributed by atoms with Gasteiger partial charge < -0.3 is 11.1 Å². The summed E-state index contributed by atoms with van der Waals surface area (Å²) in [5, 5.41) is 2.52. The topological polar surface area (TPSA) is 70.7 Å². The van der Waals surface area contributed by atoms with Crippen molar-refractivity contribution in [2.75, 3.05) is 18.9 Å². The summed E-state index contributed by atoms with van der Waals surface area (Å²) in [5.41, 5.74) is 7.02. The molecule has 3 N–H and O–H groups in total. The molecule has 0 saturated heterocycles. The molecule has 0 fully saturated rings. The van der Waals surface area contributed by atoms with Crippen molar-refractivity contribution in [3.63, 3.8) is 0 Å². The van der Waals surface area contributed by atoms with Crippen LogP contribution < -0.4 is 11.1 Å². The molecule has 0 radical (unpaired) electrons. The zero-order valence-corrected chi connectivity index (χ0v) is 13.1. The second kappa shape index (κ2) is 6.03. The number of hydrogen-bond acceptors (Lipinski definition) is 5. The average molecular weight is 310 g/mol. The van der Waals surface area contributed by atoms with Gasteiger partial charge in [0.2, 0.25) is 6.41 Å². The largest absolute Gasteiger partial charge is 0.386 e. The van der Waals surface area contributed by atoms with E-state index in [0.717, 1.165) is 0 Å². The molecule has 0 bridgehead atoms. The Hall–Kier alpha value is -1.60. The van der Waals surface area contributed by atoms with Crippen LogP contribution in [0, 0.1) is 5.82 Å². The molecule has 7 heteroatoms. The first kappa shape index (κ1) is 15.8. The molecule has 5 nitrogen and oxygen atoms in total. The minimum Gasteiger partial charge on any atom is -0.386 e. The summed E-state index contributed by atoms with van der Waals surface area (Å²) in [6.45, 7) is 4.50. The molecule has 0 aromatic heterocycles. The highest BCUT2D eigenvalue weighted by atomic mass is 32.2. The molecule has 1 aromatic carbocycles. The quantitative estimate of drug-likeness (QED) is 0.663. The molecule has 1 aromatic rings. The van der Waals surface area contributed by atoms with Crippen LogP contribution in [-0.2, 0) is 4.79 Å². The lowest BCUT2D eigenvalue weighted by Gasteiger charge is -2.25. The summed E-state index contributed by atoms with van der Waals surface area (Å²) in [4.78, 5) is 15.0. The van der Waals surface area contributed by atoms with Crippen molar-refractivity contribution in [3.05, 3.63) is 29.6 Å². The minimum absolute atomic E-state index is 0.335. The van der Waals surface area contributed by atoms with Crippen LogP contribution in [0.25, 0.3) is 0 Å². The molecule has 1 atom stereocenters. The third-order valence-electron chi connectivity index (χ3n) is 3.31. The van der Waals surface area contributed by atoms with Crippen molar-refractivity contribution in [1.82, 2.24) is 4.31 Å². The second-order valence-corrected chi connectivity index (χ2v) is 7.27. The lowest BCUT2D eigenvalue weighted by molar-refractivity contribution is -0.105. The van der Waals surface area contributed by atoms with Crippen molar-refractivity contribution < 1.29 is 9.18 Å². The molecule has 0 aliphatic carbocycles. The number of likely N-dealkylation sites (N-methyl/N-ethyl adjacent to an activating group) is 1. The van der Waals surface area contributed by atoms with Gasteiger partial charge in [0.05, 0.1) is 10.8 Å². The summed E-state index contributed by atoms with van der Waals surface area (Å²) >= 11 is 1.57. The van der Waals surface area contributed by atoms with Gasteiger partial charge in [-0.1, -0.05) is 11.9 Å². The van der Waals surface area contributed by atoms with E-state index < -0.39 is 6.04 Å². The van der Waals surface area contributed by atoms with Gasteiger partial charge in [0.25, 0.3) is 0 Å². The summed E-state index contributed by atoms with van der Waals surface area (Å²) in [6, 6.07) is 4.04. The molecule has 114 valence electrons. The zero-order chi connectivity index (χ0) is 15.6. The van der Waals surface area contributed by atoms with Crippen molar-refractivity contribution in [2.24, 2.45) is 10.7 Å². The number of nitrogens with zero attached hydrogens (tertiary/aromatic N) is 2. The molecule has 0 unspecified atom stereocenters. The number of carbonyl (C=O) groups is 1. The van der Waals surface area contributed by atoms with Crippen molar-refractivity contribution in [1.29, 1.82) is 0 Å². The summed E-state index contributed by atoms with van der Waals surface area (Å²) in [7, 11) is 1.93. The van der Waals surface area contributed by atoms with Crippen LogP contribution in [0.15, 0.2) is 23.2 Å². The van der Waals surface area contributed by atoms with Crippen LogP contribution in [-0.4, -0.2) is 34.9 Å². The maximum atomic E-state index is 14.1. The predicted octanol–water partition coefficient (Wildman–Crippen LogP) is 2.16. The fraction of sp³-hybridized carbons (Fsp3) is 0.429. The van der Waals surface area contributed by atoms with E-state index in [4.69, 9.17) is 5.73 Å². The highest BCUT2D eigenvalue weighted by molar-refractivity contribution is 7.99. The molecule has 1 amide bonds. The number of nitrogens with one attached hydrogen (secondary N) is 1. The highest BCUT2D eigenvalue weighted by Crippen LogP contribution is 2.35. The van der Waals surface area contributed by atoms with Crippen LogP contribution in [0.2, 0.25) is 0 Å². The molecule has 1 heterocycles. The monoisotopic (exact) mass is 310 g/mol. The maximum absolute atomic E-state index is 14.1. The lowest BCUT2D eigenvalue weighted by Crippen LogP contribution is -2.36. The molecular formula is C14H19FN4OS. The van der Waals surface area contributed by atoms with Gasteiger partial charge in [-0.2, -0.15) is 0 Å². The van der Waals surface area contributed by atoms with E-state index in [1.54, 1.807) is 18.0 Å². The van der Waals surface area contributed by atoms with E-state index in [0.29, 0.717) is 30.0 Å². The van der Waals surface area contributed by atoms with Crippen molar-refractivity contribution in [3.8, 4) is 0 Å². The Balaban J connectivity index is 2.42. The van der Waals surface area contributed by atoms with Gasteiger partial charge in [0.1, 0.15) is 11.7 Å². The third kappa shape index (κ3) is 3.54. The Bertz CT molecular complexity index is 576. The van der Waals surface area contributed by atoms with Gasteiger partial charge in [0, 0.05) is 17.8 Å². The lowest BCUT2D eigenvalue weighted by atomic mass is 10.0. The van der Waals surface area contributed by atoms with Crippen LogP contribution in [0.1, 0.15) is 25.5 Å². The number of carbonyl (C=O) groups excluding carboxylic acids is 1. The van der Waals surface area contributed by atoms with Crippen molar-refractivity contribution in [2.45, 2.75) is 24.6 Å². The Morgan fingerprint density at radius 1 is 1.57 bits per heavy atom. The van der Waals surface area contributed by atoms with E-state index in [1.165, 1.54) is 12.1 Å². The average Bonchev–Trinajstić information content (AvgIpc) is 2.48. The zero-order valence-electron chi connectivity index (χ0n) is 12.3. The Labute approximate surface area is 127 Å². The first-order valence-electron chi connectivity index (χ1n) is 6.57. The van der Waals surface area contributed by atoms with E-state index in [9.17, 15) is 9.18 Å². The smallest absolute Gasteiger partial charge is 0.211 e. The first-order valence-corrected chi connectivity index (χ1v) is 7.34. The van der Waals surface area contributed by atoms with E-state index in [2.05, 4.69) is 10.3 Å². The number of benzene rings is 1. The fourth-order valence-electron chi connectivity index (χ4n) is 2.21. The van der Waals surface area contributed by atoms with Crippen LogP contribution in [0.5, 0.6) is 0 Å². The molecule has 0 spiro atoms. The van der Waals surface area contributed by atoms with Gasteiger partial charge in [-0.15, -0.1) is 0 Å². The Kier molecular flexibility index (Phi) is 4.53. The van der Waals surface area contributed by atoms with Gasteiger partial charge in [0.15, 0.2) is 0 Å². The molecule has 0 saturated carbocycles. The summed E-state index contributed by atoms with van der Waals surface area (Å²) < 4.78 is 15.8. The van der Waals surface area contributed by atoms with E-state index >= 15 is 0 Å². The highest BCUT2D eigenvalue weighted by Gasteiger charge is 2.32. The van der Waals surface area contributed by atoms with E-state index in [-0.39, 0.29) is 10.6 Å². The number of amides is 1. The van der Waals surface area contributed by atoms with Gasteiger partial charge in [-0.3, -0.25) is 14.1 Å². The first-order chi connectivity index (χ1) is 9.83. The summed E-state index contributed by atoms with van der Waals surface area (Å²) in [5.74, 6) is 0.126. The fourth-order valence-corrected chi connectivity index (χ4v) is 3.35.